The molecule has 92 valence electrons. The highest BCUT2D eigenvalue weighted by Crippen LogP contribution is 2.47. The minimum Gasteiger partial charge on any atom is -0.505 e. The van der Waals surface area contributed by atoms with Crippen molar-refractivity contribution in [2.75, 3.05) is 19.9 Å². The van der Waals surface area contributed by atoms with Gasteiger partial charge in [-0.05, 0) is 31.8 Å². The molecule has 1 fully saturated rings. The van der Waals surface area contributed by atoms with Crippen molar-refractivity contribution in [2.24, 2.45) is 0 Å². The molecule has 17 heavy (non-hydrogen) atoms. The number of benzene rings is 1. The minimum absolute atomic E-state index is 0.0934. The lowest BCUT2D eigenvalue weighted by atomic mass is 9.88. The molecule has 1 saturated heterocycles. The zero-order valence-corrected chi connectivity index (χ0v) is 9.33. The maximum atomic E-state index is 13.6. The van der Waals surface area contributed by atoms with E-state index in [1.807, 2.05) is 0 Å². The molecule has 2 aliphatic rings. The molecule has 3 rings (SSSR count). The Kier molecular flexibility index (Phi) is 2.55. The van der Waals surface area contributed by atoms with Crippen LogP contribution in [0.4, 0.5) is 4.39 Å². The van der Waals surface area contributed by atoms with E-state index in [-0.39, 0.29) is 18.5 Å². The third-order valence-corrected chi connectivity index (χ3v) is 3.37. The first-order valence-electron chi connectivity index (χ1n) is 5.79. The number of ether oxygens (including phenoxy) is 2. The molecule has 2 heterocycles. The number of fused-ring (bicyclic) bond motifs is 1. The summed E-state index contributed by atoms with van der Waals surface area (Å²) in [6.45, 7) is 1.84. The number of rotatable bonds is 1. The van der Waals surface area contributed by atoms with Crippen LogP contribution in [0.3, 0.4) is 0 Å². The third kappa shape index (κ3) is 1.70. The first-order valence-corrected chi connectivity index (χ1v) is 5.79. The quantitative estimate of drug-likeness (QED) is 0.783. The number of hydrogen-bond donors (Lipinski definition) is 2. The number of hydrogen-bond acceptors (Lipinski definition) is 4. The SMILES string of the molecule is Oc1c(F)cc2c(c1C1CCNCC1)OCO2. The van der Waals surface area contributed by atoms with E-state index in [0.717, 1.165) is 25.9 Å². The van der Waals surface area contributed by atoms with Crippen molar-refractivity contribution in [3.8, 4) is 17.2 Å². The van der Waals surface area contributed by atoms with Crippen LogP contribution in [-0.2, 0) is 0 Å². The molecule has 1 aromatic rings. The van der Waals surface area contributed by atoms with Crippen molar-refractivity contribution in [1.82, 2.24) is 5.32 Å². The molecule has 0 aromatic heterocycles. The van der Waals surface area contributed by atoms with Gasteiger partial charge >= 0.3 is 0 Å². The van der Waals surface area contributed by atoms with Crippen molar-refractivity contribution < 1.29 is 19.0 Å². The monoisotopic (exact) mass is 239 g/mol. The fourth-order valence-electron chi connectivity index (χ4n) is 2.52. The summed E-state index contributed by atoms with van der Waals surface area (Å²) in [4.78, 5) is 0. The topological polar surface area (TPSA) is 50.7 Å². The van der Waals surface area contributed by atoms with Gasteiger partial charge < -0.3 is 19.9 Å². The van der Waals surface area contributed by atoms with Crippen molar-refractivity contribution in [1.29, 1.82) is 0 Å². The van der Waals surface area contributed by atoms with Gasteiger partial charge in [-0.3, -0.25) is 0 Å². The predicted molar refractivity (Wildman–Crippen MR) is 59.0 cm³/mol. The number of piperidine rings is 1. The van der Waals surface area contributed by atoms with E-state index in [1.54, 1.807) is 0 Å². The molecule has 0 unspecified atom stereocenters. The molecule has 0 atom stereocenters. The highest BCUT2D eigenvalue weighted by molar-refractivity contribution is 5.57. The molecular formula is C12H14FNO3. The van der Waals surface area contributed by atoms with E-state index in [4.69, 9.17) is 9.47 Å². The molecule has 2 N–H and O–H groups in total. The summed E-state index contributed by atoms with van der Waals surface area (Å²) < 4.78 is 24.1. The fraction of sp³-hybridized carbons (Fsp3) is 0.500. The Bertz CT molecular complexity index is 444. The Morgan fingerprint density at radius 3 is 2.82 bits per heavy atom. The average Bonchev–Trinajstić information content (AvgIpc) is 2.79. The molecule has 2 aliphatic heterocycles. The van der Waals surface area contributed by atoms with Gasteiger partial charge in [-0.25, -0.2) is 4.39 Å². The summed E-state index contributed by atoms with van der Waals surface area (Å²) in [6.07, 6.45) is 1.74. The molecule has 1 aromatic carbocycles. The molecule has 4 nitrogen and oxygen atoms in total. The van der Waals surface area contributed by atoms with Crippen molar-refractivity contribution >= 4 is 0 Å². The Labute approximate surface area is 98.3 Å². The number of halogens is 1. The zero-order valence-electron chi connectivity index (χ0n) is 9.33. The van der Waals surface area contributed by atoms with Gasteiger partial charge in [0, 0.05) is 11.6 Å². The summed E-state index contributed by atoms with van der Waals surface area (Å²) >= 11 is 0. The average molecular weight is 239 g/mol. The van der Waals surface area contributed by atoms with Crippen LogP contribution in [0.2, 0.25) is 0 Å². The van der Waals surface area contributed by atoms with Crippen molar-refractivity contribution in [3.05, 3.63) is 17.4 Å². The molecule has 5 heteroatoms. The maximum absolute atomic E-state index is 13.6. The Hall–Kier alpha value is -1.49. The van der Waals surface area contributed by atoms with E-state index >= 15 is 0 Å². The summed E-state index contributed by atoms with van der Waals surface area (Å²) in [7, 11) is 0. The fourth-order valence-corrected chi connectivity index (χ4v) is 2.52. The van der Waals surface area contributed by atoms with Crippen LogP contribution in [-0.4, -0.2) is 25.0 Å². The Morgan fingerprint density at radius 2 is 2.06 bits per heavy atom. The van der Waals surface area contributed by atoms with Crippen LogP contribution in [0.25, 0.3) is 0 Å². The molecule has 0 radical (unpaired) electrons. The van der Waals surface area contributed by atoms with Crippen LogP contribution in [0, 0.1) is 5.82 Å². The predicted octanol–water partition coefficient (Wildman–Crippen LogP) is 1.73. The van der Waals surface area contributed by atoms with Crippen LogP contribution in [0.1, 0.15) is 24.3 Å². The van der Waals surface area contributed by atoms with Gasteiger partial charge in [0.15, 0.2) is 23.1 Å². The number of phenolic OH excluding ortho intramolecular Hbond substituents is 1. The molecule has 0 saturated carbocycles. The van der Waals surface area contributed by atoms with Crippen LogP contribution in [0.5, 0.6) is 17.2 Å². The lowest BCUT2D eigenvalue weighted by Gasteiger charge is -2.24. The second-order valence-electron chi connectivity index (χ2n) is 4.38. The van der Waals surface area contributed by atoms with Crippen molar-refractivity contribution in [2.45, 2.75) is 18.8 Å². The normalized spacial score (nSPS) is 19.6. The number of phenols is 1. The van der Waals surface area contributed by atoms with E-state index in [1.165, 1.54) is 6.07 Å². The Morgan fingerprint density at radius 1 is 1.29 bits per heavy atom. The van der Waals surface area contributed by atoms with E-state index < -0.39 is 5.82 Å². The standard InChI is InChI=1S/C12H14FNO3/c13-8-5-9-12(17-6-16-9)10(11(8)15)7-1-3-14-4-2-7/h5,7,14-15H,1-4,6H2. The number of nitrogens with one attached hydrogen (secondary N) is 1. The summed E-state index contributed by atoms with van der Waals surface area (Å²) in [5, 5.41) is 13.1. The van der Waals surface area contributed by atoms with Crippen LogP contribution >= 0.6 is 0 Å². The van der Waals surface area contributed by atoms with Gasteiger partial charge in [0.1, 0.15) is 0 Å². The van der Waals surface area contributed by atoms with Crippen molar-refractivity contribution in [3.63, 3.8) is 0 Å². The Balaban J connectivity index is 2.07. The summed E-state index contributed by atoms with van der Waals surface area (Å²) in [5.74, 6) is 0.107. The largest absolute Gasteiger partial charge is 0.505 e. The van der Waals surface area contributed by atoms with E-state index in [2.05, 4.69) is 5.32 Å². The van der Waals surface area contributed by atoms with Gasteiger partial charge in [-0.15, -0.1) is 0 Å². The van der Waals surface area contributed by atoms with E-state index in [9.17, 15) is 9.50 Å². The van der Waals surface area contributed by atoms with Crippen LogP contribution < -0.4 is 14.8 Å². The highest BCUT2D eigenvalue weighted by Gasteiger charge is 2.30. The second-order valence-corrected chi connectivity index (χ2v) is 4.38. The first-order chi connectivity index (χ1) is 8.27. The van der Waals surface area contributed by atoms with Gasteiger partial charge in [0.2, 0.25) is 6.79 Å². The smallest absolute Gasteiger partial charge is 0.231 e. The maximum Gasteiger partial charge on any atom is 0.231 e. The first kappa shape index (κ1) is 10.7. The number of aromatic hydroxyl groups is 1. The van der Waals surface area contributed by atoms with Gasteiger partial charge in [0.05, 0.1) is 0 Å². The van der Waals surface area contributed by atoms with E-state index in [0.29, 0.717) is 17.1 Å². The molecule has 0 spiro atoms. The summed E-state index contributed by atoms with van der Waals surface area (Å²) in [6, 6.07) is 1.18. The summed E-state index contributed by atoms with van der Waals surface area (Å²) in [5.41, 5.74) is 0.569. The zero-order chi connectivity index (χ0) is 11.8. The van der Waals surface area contributed by atoms with Gasteiger partial charge in [-0.1, -0.05) is 0 Å². The second kappa shape index (κ2) is 4.07. The van der Waals surface area contributed by atoms with Crippen LogP contribution in [0.15, 0.2) is 6.07 Å². The minimum atomic E-state index is -0.636. The third-order valence-electron chi connectivity index (χ3n) is 3.37. The highest BCUT2D eigenvalue weighted by atomic mass is 19.1. The molecule has 0 aliphatic carbocycles. The van der Waals surface area contributed by atoms with Gasteiger partial charge in [-0.2, -0.15) is 0 Å². The molecule has 0 bridgehead atoms. The molecular weight excluding hydrogens is 225 g/mol. The van der Waals surface area contributed by atoms with Gasteiger partial charge in [0.25, 0.3) is 0 Å². The lowest BCUT2D eigenvalue weighted by Crippen LogP contribution is -2.26. The lowest BCUT2D eigenvalue weighted by molar-refractivity contribution is 0.172. The molecule has 0 amide bonds.